The summed E-state index contributed by atoms with van der Waals surface area (Å²) < 4.78 is 10.3. The fourth-order valence-electron chi connectivity index (χ4n) is 3.06. The van der Waals surface area contributed by atoms with E-state index >= 15 is 0 Å². The van der Waals surface area contributed by atoms with Gasteiger partial charge in [-0.25, -0.2) is 4.79 Å². The van der Waals surface area contributed by atoms with Crippen molar-refractivity contribution in [1.82, 2.24) is 5.32 Å². The van der Waals surface area contributed by atoms with Gasteiger partial charge in [0.2, 0.25) is 0 Å². The molecule has 1 aliphatic carbocycles. The fraction of sp³-hybridized carbons (Fsp3) is 0.300. The van der Waals surface area contributed by atoms with Gasteiger partial charge in [0.05, 0.1) is 11.1 Å². The number of hydrogen-bond donors (Lipinski definition) is 1. The normalized spacial score (nSPS) is 15.6. The summed E-state index contributed by atoms with van der Waals surface area (Å²) in [4.78, 5) is 23.9. The van der Waals surface area contributed by atoms with Crippen molar-refractivity contribution >= 4 is 35.1 Å². The number of nitrogens with one attached hydrogen (secondary N) is 1. The van der Waals surface area contributed by atoms with E-state index in [-0.39, 0.29) is 25.2 Å². The number of fused-ring (bicyclic) bond motifs is 1. The molecule has 7 heteroatoms. The van der Waals surface area contributed by atoms with E-state index in [1.165, 1.54) is 11.6 Å². The smallest absolute Gasteiger partial charge is 0.344 e. The van der Waals surface area contributed by atoms with Crippen molar-refractivity contribution in [2.24, 2.45) is 0 Å². The topological polar surface area (TPSA) is 64.6 Å². The SMILES string of the molecule is O=C(COC(=O)COc1ccc(Cl)cc1Cl)N[C@H]1CCCc2ccccc21. The van der Waals surface area contributed by atoms with Gasteiger partial charge in [-0.05, 0) is 48.6 Å². The Morgan fingerprint density at radius 2 is 1.93 bits per heavy atom. The van der Waals surface area contributed by atoms with Gasteiger partial charge in [0.1, 0.15) is 5.75 Å². The predicted octanol–water partition coefficient (Wildman–Crippen LogP) is 4.11. The van der Waals surface area contributed by atoms with Crippen molar-refractivity contribution in [2.45, 2.75) is 25.3 Å². The van der Waals surface area contributed by atoms with Gasteiger partial charge in [-0.2, -0.15) is 0 Å². The first-order valence-corrected chi connectivity index (χ1v) is 9.39. The van der Waals surface area contributed by atoms with Crippen LogP contribution in [0, 0.1) is 0 Å². The van der Waals surface area contributed by atoms with Crippen LogP contribution < -0.4 is 10.1 Å². The van der Waals surface area contributed by atoms with Crippen molar-refractivity contribution in [1.29, 1.82) is 0 Å². The molecule has 0 saturated heterocycles. The molecule has 1 N–H and O–H groups in total. The van der Waals surface area contributed by atoms with Crippen molar-refractivity contribution in [3.63, 3.8) is 0 Å². The maximum absolute atomic E-state index is 12.1. The number of amides is 1. The molecule has 0 saturated carbocycles. The van der Waals surface area contributed by atoms with Crippen LogP contribution in [-0.2, 0) is 20.7 Å². The molecule has 0 bridgehead atoms. The van der Waals surface area contributed by atoms with E-state index in [1.54, 1.807) is 12.1 Å². The molecule has 0 fully saturated rings. The highest BCUT2D eigenvalue weighted by atomic mass is 35.5. The Balaban J connectivity index is 1.45. The summed E-state index contributed by atoms with van der Waals surface area (Å²) in [5.41, 5.74) is 2.38. The number of esters is 1. The maximum Gasteiger partial charge on any atom is 0.344 e. The first kappa shape index (κ1) is 19.5. The Labute approximate surface area is 167 Å². The van der Waals surface area contributed by atoms with Crippen LogP contribution in [0.25, 0.3) is 0 Å². The third-order valence-corrected chi connectivity index (χ3v) is 4.84. The fourth-order valence-corrected chi connectivity index (χ4v) is 3.52. The average Bonchev–Trinajstić information content (AvgIpc) is 2.66. The number of halogens is 2. The van der Waals surface area contributed by atoms with Gasteiger partial charge in [-0.15, -0.1) is 0 Å². The van der Waals surface area contributed by atoms with Gasteiger partial charge < -0.3 is 14.8 Å². The number of aryl methyl sites for hydroxylation is 1. The molecule has 5 nitrogen and oxygen atoms in total. The summed E-state index contributed by atoms with van der Waals surface area (Å²) in [5, 5.41) is 3.69. The van der Waals surface area contributed by atoms with E-state index in [0.29, 0.717) is 15.8 Å². The van der Waals surface area contributed by atoms with E-state index in [2.05, 4.69) is 11.4 Å². The van der Waals surface area contributed by atoms with Crippen LogP contribution in [0.5, 0.6) is 5.75 Å². The van der Waals surface area contributed by atoms with Gasteiger partial charge in [-0.3, -0.25) is 4.79 Å². The van der Waals surface area contributed by atoms with Crippen molar-refractivity contribution in [3.8, 4) is 5.75 Å². The standard InChI is InChI=1S/C20H19Cl2NO4/c21-14-8-9-18(16(22)10-14)26-12-20(25)27-11-19(24)23-17-7-3-5-13-4-1-2-6-15(13)17/h1-2,4,6,8-10,17H,3,5,7,11-12H2,(H,23,24)/t17-/m0/s1. The first-order valence-electron chi connectivity index (χ1n) is 8.63. The average molecular weight is 408 g/mol. The van der Waals surface area contributed by atoms with Crippen molar-refractivity contribution in [2.75, 3.05) is 13.2 Å². The van der Waals surface area contributed by atoms with Crippen LogP contribution in [-0.4, -0.2) is 25.1 Å². The van der Waals surface area contributed by atoms with Gasteiger partial charge in [0.15, 0.2) is 13.2 Å². The van der Waals surface area contributed by atoms with Crippen LogP contribution in [0.15, 0.2) is 42.5 Å². The van der Waals surface area contributed by atoms with E-state index < -0.39 is 5.97 Å². The third kappa shape index (κ3) is 5.37. The van der Waals surface area contributed by atoms with Crippen LogP contribution >= 0.6 is 23.2 Å². The molecule has 0 aromatic heterocycles. The summed E-state index contributed by atoms with van der Waals surface area (Å²) in [6, 6.07) is 12.7. The molecule has 0 unspecified atom stereocenters. The lowest BCUT2D eigenvalue weighted by molar-refractivity contribution is -0.150. The van der Waals surface area contributed by atoms with Gasteiger partial charge >= 0.3 is 5.97 Å². The lowest BCUT2D eigenvalue weighted by Crippen LogP contribution is -2.34. The van der Waals surface area contributed by atoms with E-state index in [0.717, 1.165) is 24.8 Å². The molecule has 0 aliphatic heterocycles. The van der Waals surface area contributed by atoms with Crippen LogP contribution in [0.3, 0.4) is 0 Å². The molecule has 1 amide bonds. The number of benzene rings is 2. The quantitative estimate of drug-likeness (QED) is 0.731. The molecule has 142 valence electrons. The monoisotopic (exact) mass is 407 g/mol. The van der Waals surface area contributed by atoms with Gasteiger partial charge in [0, 0.05) is 5.02 Å². The Kier molecular flexibility index (Phi) is 6.58. The maximum atomic E-state index is 12.1. The van der Waals surface area contributed by atoms with Crippen LogP contribution in [0.2, 0.25) is 10.0 Å². The second kappa shape index (κ2) is 9.11. The first-order chi connectivity index (χ1) is 13.0. The molecule has 0 radical (unpaired) electrons. The molecule has 1 atom stereocenters. The molecular formula is C20H19Cl2NO4. The molecular weight excluding hydrogens is 389 g/mol. The predicted molar refractivity (Wildman–Crippen MR) is 103 cm³/mol. The number of rotatable bonds is 6. The highest BCUT2D eigenvalue weighted by Gasteiger charge is 2.21. The Morgan fingerprint density at radius 1 is 1.11 bits per heavy atom. The lowest BCUT2D eigenvalue weighted by atomic mass is 9.88. The highest BCUT2D eigenvalue weighted by Crippen LogP contribution is 2.29. The second-order valence-electron chi connectivity index (χ2n) is 6.24. The minimum atomic E-state index is -0.653. The molecule has 0 spiro atoms. The minimum Gasteiger partial charge on any atom is -0.480 e. The van der Waals surface area contributed by atoms with Crippen LogP contribution in [0.1, 0.15) is 30.0 Å². The minimum absolute atomic E-state index is 0.0507. The lowest BCUT2D eigenvalue weighted by Gasteiger charge is -2.26. The van der Waals surface area contributed by atoms with Crippen molar-refractivity contribution < 1.29 is 19.1 Å². The third-order valence-electron chi connectivity index (χ3n) is 4.31. The summed E-state index contributed by atoms with van der Waals surface area (Å²) in [7, 11) is 0. The zero-order valence-corrected chi connectivity index (χ0v) is 16.1. The molecule has 2 aromatic carbocycles. The Hall–Kier alpha value is -2.24. The Bertz CT molecular complexity index is 840. The highest BCUT2D eigenvalue weighted by molar-refractivity contribution is 6.35. The van der Waals surface area contributed by atoms with Gasteiger partial charge in [-0.1, -0.05) is 47.5 Å². The summed E-state index contributed by atoms with van der Waals surface area (Å²) in [6.07, 6.45) is 2.90. The summed E-state index contributed by atoms with van der Waals surface area (Å²) in [5.74, 6) is -0.670. The number of hydrogen-bond acceptors (Lipinski definition) is 4. The van der Waals surface area contributed by atoms with Crippen molar-refractivity contribution in [3.05, 3.63) is 63.6 Å². The number of ether oxygens (including phenoxy) is 2. The molecule has 2 aromatic rings. The number of carbonyl (C=O) groups excluding carboxylic acids is 2. The molecule has 3 rings (SSSR count). The number of carbonyl (C=O) groups is 2. The molecule has 1 aliphatic rings. The Morgan fingerprint density at radius 3 is 2.74 bits per heavy atom. The van der Waals surface area contributed by atoms with E-state index in [1.807, 2.05) is 18.2 Å². The van der Waals surface area contributed by atoms with E-state index in [9.17, 15) is 9.59 Å². The zero-order valence-electron chi connectivity index (χ0n) is 14.5. The van der Waals surface area contributed by atoms with Crippen LogP contribution in [0.4, 0.5) is 0 Å². The molecule has 0 heterocycles. The summed E-state index contributed by atoms with van der Waals surface area (Å²) >= 11 is 11.8. The summed E-state index contributed by atoms with van der Waals surface area (Å²) in [6.45, 7) is -0.698. The largest absolute Gasteiger partial charge is 0.480 e. The van der Waals surface area contributed by atoms with Gasteiger partial charge in [0.25, 0.3) is 5.91 Å². The second-order valence-corrected chi connectivity index (χ2v) is 7.08. The molecule has 27 heavy (non-hydrogen) atoms. The van der Waals surface area contributed by atoms with E-state index in [4.69, 9.17) is 32.7 Å². The zero-order chi connectivity index (χ0) is 19.2.